The number of aromatic nitrogens is 1. The molecule has 0 bridgehead atoms. The molecule has 1 aliphatic rings. The second-order valence-corrected chi connectivity index (χ2v) is 8.50. The number of pyridine rings is 1. The van der Waals surface area contributed by atoms with Gasteiger partial charge in [0.15, 0.2) is 0 Å². The second-order valence-electron chi connectivity index (χ2n) is 8.50. The van der Waals surface area contributed by atoms with E-state index in [2.05, 4.69) is 73.3 Å². The van der Waals surface area contributed by atoms with Gasteiger partial charge in [-0.2, -0.15) is 0 Å². The van der Waals surface area contributed by atoms with Crippen molar-refractivity contribution < 1.29 is 4.74 Å². The Morgan fingerprint density at radius 1 is 0.935 bits per heavy atom. The molecule has 0 spiro atoms. The molecule has 0 N–H and O–H groups in total. The monoisotopic (exact) mass is 410 g/mol. The molecule has 1 aromatic heterocycles. The molecular formula is C28H30N2O. The summed E-state index contributed by atoms with van der Waals surface area (Å²) < 4.78 is 5.93. The van der Waals surface area contributed by atoms with Crippen molar-refractivity contribution in [2.75, 3.05) is 19.7 Å². The number of benzene rings is 3. The van der Waals surface area contributed by atoms with Gasteiger partial charge in [-0.05, 0) is 65.9 Å². The van der Waals surface area contributed by atoms with Gasteiger partial charge in [0.2, 0.25) is 0 Å². The van der Waals surface area contributed by atoms with Gasteiger partial charge < -0.3 is 4.74 Å². The van der Waals surface area contributed by atoms with Gasteiger partial charge in [0, 0.05) is 24.0 Å². The lowest BCUT2D eigenvalue weighted by Gasteiger charge is -2.31. The van der Waals surface area contributed by atoms with Crippen LogP contribution in [0.25, 0.3) is 32.9 Å². The van der Waals surface area contributed by atoms with Gasteiger partial charge in [0.05, 0.1) is 17.8 Å². The fourth-order valence-corrected chi connectivity index (χ4v) is 4.87. The third-order valence-corrected chi connectivity index (χ3v) is 6.27. The molecule has 2 heterocycles. The van der Waals surface area contributed by atoms with Gasteiger partial charge >= 0.3 is 0 Å². The average molecular weight is 411 g/mol. The molecule has 1 aliphatic heterocycles. The first kappa shape index (κ1) is 20.0. The molecule has 0 saturated heterocycles. The van der Waals surface area contributed by atoms with Crippen molar-refractivity contribution in [3.05, 3.63) is 71.8 Å². The van der Waals surface area contributed by atoms with E-state index in [1.165, 1.54) is 33.7 Å². The number of nitrogens with zero attached hydrogens (tertiary/aromatic N) is 2. The lowest BCUT2D eigenvalue weighted by atomic mass is 9.89. The Morgan fingerprint density at radius 2 is 1.84 bits per heavy atom. The predicted octanol–water partition coefficient (Wildman–Crippen LogP) is 6.61. The minimum Gasteiger partial charge on any atom is -0.494 e. The van der Waals surface area contributed by atoms with Crippen LogP contribution in [0.3, 0.4) is 0 Å². The van der Waals surface area contributed by atoms with Crippen molar-refractivity contribution >= 4 is 21.7 Å². The van der Waals surface area contributed by atoms with E-state index < -0.39 is 0 Å². The van der Waals surface area contributed by atoms with Crippen molar-refractivity contribution in [3.8, 4) is 17.0 Å². The van der Waals surface area contributed by atoms with Crippen LogP contribution in [0.15, 0.2) is 60.7 Å². The van der Waals surface area contributed by atoms with Crippen LogP contribution in [0.2, 0.25) is 0 Å². The van der Waals surface area contributed by atoms with Crippen LogP contribution in [0.5, 0.6) is 5.75 Å². The van der Waals surface area contributed by atoms with Crippen molar-refractivity contribution in [3.63, 3.8) is 0 Å². The standard InChI is InChI=1S/C28H30N2O/c1-3-15-30-16-14-24-25(19-30)28(21-9-7-10-22(18-21)31-17-4-2)29-26-13-12-20-8-5-6-11-23(20)27(24)26/h5-13,18H,3-4,14-17,19H2,1-2H3. The highest BCUT2D eigenvalue weighted by atomic mass is 16.5. The quantitative estimate of drug-likeness (QED) is 0.334. The zero-order valence-electron chi connectivity index (χ0n) is 18.5. The molecule has 0 fully saturated rings. The van der Waals surface area contributed by atoms with Gasteiger partial charge in [-0.1, -0.05) is 56.3 Å². The molecular weight excluding hydrogens is 380 g/mol. The largest absolute Gasteiger partial charge is 0.494 e. The summed E-state index contributed by atoms with van der Waals surface area (Å²) in [7, 11) is 0. The fraction of sp³-hybridized carbons (Fsp3) is 0.321. The first-order valence-corrected chi connectivity index (χ1v) is 11.6. The van der Waals surface area contributed by atoms with Crippen molar-refractivity contribution in [2.45, 2.75) is 39.7 Å². The number of fused-ring (bicyclic) bond motifs is 5. The fourth-order valence-electron chi connectivity index (χ4n) is 4.87. The van der Waals surface area contributed by atoms with Crippen LogP contribution in [-0.4, -0.2) is 29.6 Å². The third-order valence-electron chi connectivity index (χ3n) is 6.27. The summed E-state index contributed by atoms with van der Waals surface area (Å²) in [6.45, 7) is 8.34. The highest BCUT2D eigenvalue weighted by Gasteiger charge is 2.24. The Balaban J connectivity index is 1.73. The number of hydrogen-bond acceptors (Lipinski definition) is 3. The predicted molar refractivity (Wildman–Crippen MR) is 130 cm³/mol. The maximum absolute atomic E-state index is 5.93. The van der Waals surface area contributed by atoms with Crippen molar-refractivity contribution in [1.82, 2.24) is 9.88 Å². The van der Waals surface area contributed by atoms with Crippen LogP contribution in [0.4, 0.5) is 0 Å². The summed E-state index contributed by atoms with van der Waals surface area (Å²) in [6, 6.07) is 21.6. The van der Waals surface area contributed by atoms with Gasteiger partial charge in [0.25, 0.3) is 0 Å². The van der Waals surface area contributed by atoms with E-state index in [1.54, 1.807) is 0 Å². The highest BCUT2D eigenvalue weighted by Crippen LogP contribution is 2.38. The Labute approximate surface area is 184 Å². The van der Waals surface area contributed by atoms with E-state index in [-0.39, 0.29) is 0 Å². The molecule has 0 radical (unpaired) electrons. The normalized spacial score (nSPS) is 14.1. The number of hydrogen-bond donors (Lipinski definition) is 0. The molecule has 0 saturated carbocycles. The Morgan fingerprint density at radius 3 is 2.71 bits per heavy atom. The summed E-state index contributed by atoms with van der Waals surface area (Å²) in [5, 5.41) is 3.95. The van der Waals surface area contributed by atoms with E-state index in [0.29, 0.717) is 0 Å². The van der Waals surface area contributed by atoms with Gasteiger partial charge in [-0.3, -0.25) is 4.90 Å². The maximum Gasteiger partial charge on any atom is 0.119 e. The first-order valence-electron chi connectivity index (χ1n) is 11.6. The second kappa shape index (κ2) is 8.68. The van der Waals surface area contributed by atoms with E-state index in [4.69, 9.17) is 9.72 Å². The maximum atomic E-state index is 5.93. The van der Waals surface area contributed by atoms with Gasteiger partial charge in [0.1, 0.15) is 5.75 Å². The third kappa shape index (κ3) is 3.79. The molecule has 4 aromatic rings. The molecule has 0 unspecified atom stereocenters. The minimum atomic E-state index is 0.739. The number of ether oxygens (including phenoxy) is 1. The van der Waals surface area contributed by atoms with E-state index in [1.807, 2.05) is 6.07 Å². The summed E-state index contributed by atoms with van der Waals surface area (Å²) >= 11 is 0. The lowest BCUT2D eigenvalue weighted by molar-refractivity contribution is 0.255. The zero-order valence-corrected chi connectivity index (χ0v) is 18.5. The highest BCUT2D eigenvalue weighted by molar-refractivity contribution is 6.09. The van der Waals surface area contributed by atoms with Crippen LogP contribution < -0.4 is 4.74 Å². The summed E-state index contributed by atoms with van der Waals surface area (Å²) in [4.78, 5) is 7.81. The van der Waals surface area contributed by atoms with Gasteiger partial charge in [-0.15, -0.1) is 0 Å². The zero-order chi connectivity index (χ0) is 21.2. The molecule has 3 heteroatoms. The summed E-state index contributed by atoms with van der Waals surface area (Å²) in [5.41, 5.74) is 6.22. The molecule has 0 amide bonds. The van der Waals surface area contributed by atoms with E-state index >= 15 is 0 Å². The molecule has 0 aliphatic carbocycles. The molecule has 3 aromatic carbocycles. The van der Waals surface area contributed by atoms with Crippen LogP contribution in [0.1, 0.15) is 37.8 Å². The molecule has 5 rings (SSSR count). The van der Waals surface area contributed by atoms with Crippen LogP contribution in [-0.2, 0) is 13.0 Å². The minimum absolute atomic E-state index is 0.739. The van der Waals surface area contributed by atoms with Gasteiger partial charge in [-0.25, -0.2) is 4.98 Å². The average Bonchev–Trinajstić information content (AvgIpc) is 2.82. The number of rotatable bonds is 6. The van der Waals surface area contributed by atoms with E-state index in [9.17, 15) is 0 Å². The van der Waals surface area contributed by atoms with Crippen LogP contribution in [0, 0.1) is 0 Å². The molecule has 158 valence electrons. The smallest absolute Gasteiger partial charge is 0.119 e. The Kier molecular flexibility index (Phi) is 5.61. The van der Waals surface area contributed by atoms with Crippen molar-refractivity contribution in [1.29, 1.82) is 0 Å². The topological polar surface area (TPSA) is 25.4 Å². The van der Waals surface area contributed by atoms with Crippen molar-refractivity contribution in [2.24, 2.45) is 0 Å². The summed E-state index contributed by atoms with van der Waals surface area (Å²) in [6.07, 6.45) is 3.25. The first-order chi connectivity index (χ1) is 15.3. The van der Waals surface area contributed by atoms with E-state index in [0.717, 1.165) is 61.6 Å². The molecule has 3 nitrogen and oxygen atoms in total. The van der Waals surface area contributed by atoms with Crippen LogP contribution >= 0.6 is 0 Å². The lowest BCUT2D eigenvalue weighted by Crippen LogP contribution is -2.32. The Hall–Kier alpha value is -2.91. The molecule has 0 atom stereocenters. The molecule has 31 heavy (non-hydrogen) atoms. The summed E-state index contributed by atoms with van der Waals surface area (Å²) in [5.74, 6) is 0.926. The Bertz CT molecular complexity index is 1230. The SMILES string of the molecule is CCCOc1cccc(-c2nc3ccc4ccccc4c3c3c2CN(CCC)CC3)c1.